The summed E-state index contributed by atoms with van der Waals surface area (Å²) in [5.74, 6) is 0. The SMILES string of the molecule is CCCOCC1CN(c2c(C)cc(C)cc2C)CN1c1c(C)cc(C)cc1C. The molecule has 0 radical (unpaired) electrons. The van der Waals surface area contributed by atoms with Crippen LogP contribution in [0.25, 0.3) is 0 Å². The van der Waals surface area contributed by atoms with Crippen LogP contribution in [0.4, 0.5) is 11.4 Å². The summed E-state index contributed by atoms with van der Waals surface area (Å²) >= 11 is 0. The van der Waals surface area contributed by atoms with Gasteiger partial charge in [0, 0.05) is 24.5 Å². The Morgan fingerprint density at radius 3 is 1.82 bits per heavy atom. The number of ether oxygens (including phenoxy) is 1. The second-order valence-electron chi connectivity index (χ2n) is 8.56. The quantitative estimate of drug-likeness (QED) is 0.605. The summed E-state index contributed by atoms with van der Waals surface area (Å²) in [7, 11) is 0. The zero-order valence-electron chi connectivity index (χ0n) is 18.7. The van der Waals surface area contributed by atoms with Crippen molar-refractivity contribution in [1.82, 2.24) is 0 Å². The van der Waals surface area contributed by atoms with Gasteiger partial charge in [0.05, 0.1) is 19.3 Å². The maximum atomic E-state index is 6.02. The van der Waals surface area contributed by atoms with E-state index in [1.54, 1.807) is 0 Å². The van der Waals surface area contributed by atoms with Gasteiger partial charge in [0.1, 0.15) is 0 Å². The molecule has 2 aromatic rings. The molecule has 0 aromatic heterocycles. The lowest BCUT2D eigenvalue weighted by Crippen LogP contribution is -2.36. The molecule has 0 amide bonds. The highest BCUT2D eigenvalue weighted by molar-refractivity contribution is 5.67. The predicted octanol–water partition coefficient (Wildman–Crippen LogP) is 5.62. The van der Waals surface area contributed by atoms with Crippen molar-refractivity contribution in [3.8, 4) is 0 Å². The Kier molecular flexibility index (Phi) is 6.34. The maximum absolute atomic E-state index is 6.02. The molecular weight excluding hydrogens is 344 g/mol. The number of anilines is 2. The normalized spacial score (nSPS) is 16.9. The van der Waals surface area contributed by atoms with Crippen LogP contribution in [0.3, 0.4) is 0 Å². The summed E-state index contributed by atoms with van der Waals surface area (Å²) in [5, 5.41) is 0. The molecule has 1 unspecified atom stereocenters. The molecule has 1 heterocycles. The first-order valence-corrected chi connectivity index (χ1v) is 10.6. The van der Waals surface area contributed by atoms with Crippen LogP contribution in [-0.4, -0.2) is 32.5 Å². The minimum absolute atomic E-state index is 0.367. The van der Waals surface area contributed by atoms with E-state index in [-0.39, 0.29) is 0 Å². The summed E-state index contributed by atoms with van der Waals surface area (Å²) in [5.41, 5.74) is 10.9. The molecule has 1 saturated heterocycles. The van der Waals surface area contributed by atoms with Crippen LogP contribution in [0.1, 0.15) is 46.7 Å². The van der Waals surface area contributed by atoms with Crippen LogP contribution < -0.4 is 9.80 Å². The lowest BCUT2D eigenvalue weighted by molar-refractivity contribution is 0.124. The van der Waals surface area contributed by atoms with Crippen LogP contribution in [0.5, 0.6) is 0 Å². The molecule has 3 heteroatoms. The van der Waals surface area contributed by atoms with Gasteiger partial charge in [0.2, 0.25) is 0 Å². The van der Waals surface area contributed by atoms with Gasteiger partial charge < -0.3 is 14.5 Å². The van der Waals surface area contributed by atoms with Crippen molar-refractivity contribution in [1.29, 1.82) is 0 Å². The fourth-order valence-electron chi connectivity index (χ4n) is 4.93. The third-order valence-electron chi connectivity index (χ3n) is 5.73. The van der Waals surface area contributed by atoms with E-state index in [0.29, 0.717) is 6.04 Å². The van der Waals surface area contributed by atoms with Crippen molar-refractivity contribution in [3.05, 3.63) is 57.6 Å². The van der Waals surface area contributed by atoms with Gasteiger partial charge in [0.15, 0.2) is 0 Å². The first kappa shape index (κ1) is 20.7. The number of hydrogen-bond acceptors (Lipinski definition) is 3. The average molecular weight is 381 g/mol. The minimum atomic E-state index is 0.367. The Bertz CT molecular complexity index is 796. The Morgan fingerprint density at radius 2 is 1.32 bits per heavy atom. The molecule has 1 fully saturated rings. The summed E-state index contributed by atoms with van der Waals surface area (Å²) in [6.45, 7) is 19.0. The molecule has 28 heavy (non-hydrogen) atoms. The van der Waals surface area contributed by atoms with Gasteiger partial charge in [-0.2, -0.15) is 0 Å². The van der Waals surface area contributed by atoms with Gasteiger partial charge in [-0.05, 0) is 70.2 Å². The van der Waals surface area contributed by atoms with Crippen LogP contribution in [0.2, 0.25) is 0 Å². The van der Waals surface area contributed by atoms with Crippen LogP contribution >= 0.6 is 0 Å². The average Bonchev–Trinajstić information content (AvgIpc) is 2.96. The first-order valence-electron chi connectivity index (χ1n) is 10.6. The number of rotatable bonds is 6. The van der Waals surface area contributed by atoms with E-state index >= 15 is 0 Å². The van der Waals surface area contributed by atoms with Gasteiger partial charge in [-0.25, -0.2) is 0 Å². The lowest BCUT2D eigenvalue weighted by Gasteiger charge is -2.29. The summed E-state index contributed by atoms with van der Waals surface area (Å²) in [6, 6.07) is 9.58. The summed E-state index contributed by atoms with van der Waals surface area (Å²) in [6.07, 6.45) is 1.06. The van der Waals surface area contributed by atoms with Gasteiger partial charge in [0.25, 0.3) is 0 Å². The van der Waals surface area contributed by atoms with Crippen molar-refractivity contribution >= 4 is 11.4 Å². The van der Waals surface area contributed by atoms with Crippen molar-refractivity contribution in [2.24, 2.45) is 0 Å². The molecule has 1 aliphatic heterocycles. The monoisotopic (exact) mass is 380 g/mol. The fourth-order valence-corrected chi connectivity index (χ4v) is 4.93. The largest absolute Gasteiger partial charge is 0.379 e. The molecule has 0 spiro atoms. The molecular formula is C25H36N2O. The molecule has 1 atom stereocenters. The molecule has 2 aromatic carbocycles. The van der Waals surface area contributed by atoms with E-state index in [1.807, 2.05) is 0 Å². The van der Waals surface area contributed by atoms with E-state index in [9.17, 15) is 0 Å². The van der Waals surface area contributed by atoms with Crippen LogP contribution in [-0.2, 0) is 4.74 Å². The van der Waals surface area contributed by atoms with Gasteiger partial charge in [-0.1, -0.05) is 42.3 Å². The highest BCUT2D eigenvalue weighted by Gasteiger charge is 2.33. The second-order valence-corrected chi connectivity index (χ2v) is 8.56. The molecule has 0 saturated carbocycles. The second kappa shape index (κ2) is 8.57. The minimum Gasteiger partial charge on any atom is -0.379 e. The lowest BCUT2D eigenvalue weighted by atomic mass is 10.0. The van der Waals surface area contributed by atoms with Crippen molar-refractivity contribution in [3.63, 3.8) is 0 Å². The predicted molar refractivity (Wildman–Crippen MR) is 121 cm³/mol. The van der Waals surface area contributed by atoms with Crippen LogP contribution in [0, 0.1) is 41.5 Å². The van der Waals surface area contributed by atoms with E-state index < -0.39 is 0 Å². The molecule has 0 bridgehead atoms. The van der Waals surface area contributed by atoms with Crippen LogP contribution in [0.15, 0.2) is 24.3 Å². The Morgan fingerprint density at radius 1 is 0.821 bits per heavy atom. The molecule has 0 N–H and O–H groups in total. The smallest absolute Gasteiger partial charge is 0.0908 e. The molecule has 152 valence electrons. The third-order valence-corrected chi connectivity index (χ3v) is 5.73. The number of aryl methyl sites for hydroxylation is 6. The molecule has 3 rings (SSSR count). The molecule has 0 aliphatic carbocycles. The number of benzene rings is 2. The van der Waals surface area contributed by atoms with Gasteiger partial charge in [-0.15, -0.1) is 0 Å². The molecule has 1 aliphatic rings. The van der Waals surface area contributed by atoms with E-state index in [4.69, 9.17) is 4.74 Å². The summed E-state index contributed by atoms with van der Waals surface area (Å²) < 4.78 is 6.02. The first-order chi connectivity index (χ1) is 13.3. The Labute approximate surface area is 171 Å². The highest BCUT2D eigenvalue weighted by Crippen LogP contribution is 2.35. The summed E-state index contributed by atoms with van der Waals surface area (Å²) in [4.78, 5) is 5.11. The zero-order chi connectivity index (χ0) is 20.4. The van der Waals surface area contributed by atoms with Crippen molar-refractivity contribution in [2.45, 2.75) is 60.9 Å². The van der Waals surface area contributed by atoms with Crippen molar-refractivity contribution < 1.29 is 4.74 Å². The Hall–Kier alpha value is -2.00. The topological polar surface area (TPSA) is 15.7 Å². The number of hydrogen-bond donors (Lipinski definition) is 0. The van der Waals surface area contributed by atoms with Gasteiger partial charge >= 0.3 is 0 Å². The standard InChI is InChI=1S/C25H36N2O/c1-8-9-28-15-23-14-26(24-19(4)10-17(2)11-20(24)5)16-27(23)25-21(6)12-18(3)13-22(25)7/h10-13,23H,8-9,14-16H2,1-7H3. The molecule has 3 nitrogen and oxygen atoms in total. The highest BCUT2D eigenvalue weighted by atomic mass is 16.5. The fraction of sp³-hybridized carbons (Fsp3) is 0.520. The number of nitrogens with zero attached hydrogens (tertiary/aromatic N) is 2. The van der Waals surface area contributed by atoms with Gasteiger partial charge in [-0.3, -0.25) is 0 Å². The zero-order valence-corrected chi connectivity index (χ0v) is 18.7. The van der Waals surface area contributed by atoms with E-state index in [2.05, 4.69) is 82.5 Å². The van der Waals surface area contributed by atoms with Crippen molar-refractivity contribution in [2.75, 3.05) is 36.2 Å². The maximum Gasteiger partial charge on any atom is 0.0908 e. The van der Waals surface area contributed by atoms with E-state index in [1.165, 1.54) is 44.8 Å². The third kappa shape index (κ3) is 4.20. The van der Waals surface area contributed by atoms with E-state index in [0.717, 1.165) is 32.8 Å². The Balaban J connectivity index is 1.96.